The number of nitrogens with one attached hydrogen (secondary N) is 1. The number of carbonyl (C=O) groups is 1. The van der Waals surface area contributed by atoms with Gasteiger partial charge in [-0.2, -0.15) is 9.41 Å². The summed E-state index contributed by atoms with van der Waals surface area (Å²) in [5, 5.41) is 5.33. The number of halogens is 5. The van der Waals surface area contributed by atoms with E-state index in [1.807, 2.05) is 0 Å². The van der Waals surface area contributed by atoms with Crippen LogP contribution in [0.1, 0.15) is 11.1 Å². The van der Waals surface area contributed by atoms with Gasteiger partial charge >= 0.3 is 0 Å². The van der Waals surface area contributed by atoms with Gasteiger partial charge < -0.3 is 0 Å². The first-order valence-corrected chi connectivity index (χ1v) is 12.9. The van der Waals surface area contributed by atoms with E-state index >= 15 is 0 Å². The summed E-state index contributed by atoms with van der Waals surface area (Å²) in [7, 11) is -4.13. The molecule has 3 rings (SSSR count). The lowest BCUT2D eigenvalue weighted by Crippen LogP contribution is -2.39. The molecule has 3 aromatic rings. The molecule has 0 fully saturated rings. The van der Waals surface area contributed by atoms with Gasteiger partial charge in [0.05, 0.1) is 27.7 Å². The highest BCUT2D eigenvalue weighted by Crippen LogP contribution is 2.28. The molecule has 0 aliphatic carbocycles. The predicted molar refractivity (Wildman–Crippen MR) is 138 cm³/mol. The Labute approximate surface area is 222 Å². The Morgan fingerprint density at radius 3 is 2.12 bits per heavy atom. The second-order valence-corrected chi connectivity index (χ2v) is 10.8. The standard InChI is InChI=1S/C22H16Cl5N3O3S/c23-15-7-9-16(10-8-15)34(32,33)30(12-17-18(24)4-2-5-19(17)25)13-21(31)29-28-11-14-3-1-6-20(26)22(14)27/h1-11H,12-13H2,(H,29,31)/b28-11-. The molecule has 0 aliphatic rings. The lowest BCUT2D eigenvalue weighted by molar-refractivity contribution is -0.121. The van der Waals surface area contributed by atoms with Crippen molar-refractivity contribution in [2.75, 3.05) is 6.54 Å². The van der Waals surface area contributed by atoms with Gasteiger partial charge in [-0.15, -0.1) is 0 Å². The van der Waals surface area contributed by atoms with E-state index in [9.17, 15) is 13.2 Å². The summed E-state index contributed by atoms with van der Waals surface area (Å²) in [6.07, 6.45) is 1.30. The van der Waals surface area contributed by atoms with Crippen LogP contribution in [0.3, 0.4) is 0 Å². The molecule has 0 saturated carbocycles. The third kappa shape index (κ3) is 6.64. The minimum atomic E-state index is -4.13. The maximum Gasteiger partial charge on any atom is 0.255 e. The molecule has 0 aliphatic heterocycles. The molecule has 0 heterocycles. The Morgan fingerprint density at radius 2 is 1.47 bits per heavy atom. The van der Waals surface area contributed by atoms with Crippen molar-refractivity contribution in [3.05, 3.63) is 96.9 Å². The zero-order chi connectivity index (χ0) is 24.9. The maximum absolute atomic E-state index is 13.3. The average Bonchev–Trinajstić information content (AvgIpc) is 2.78. The zero-order valence-electron chi connectivity index (χ0n) is 17.2. The quantitative estimate of drug-likeness (QED) is 0.252. The zero-order valence-corrected chi connectivity index (χ0v) is 21.8. The fourth-order valence-electron chi connectivity index (χ4n) is 2.83. The van der Waals surface area contributed by atoms with Crippen molar-refractivity contribution in [3.8, 4) is 0 Å². The largest absolute Gasteiger partial charge is 0.272 e. The number of hydrogen-bond donors (Lipinski definition) is 1. The van der Waals surface area contributed by atoms with E-state index in [1.165, 1.54) is 30.5 Å². The highest BCUT2D eigenvalue weighted by atomic mass is 35.5. The Bertz CT molecular complexity index is 1310. The summed E-state index contributed by atoms with van der Waals surface area (Å²) < 4.78 is 27.6. The van der Waals surface area contributed by atoms with Gasteiger partial charge in [0.1, 0.15) is 0 Å². The van der Waals surface area contributed by atoms with Crippen molar-refractivity contribution in [3.63, 3.8) is 0 Å². The van der Waals surface area contributed by atoms with E-state index in [1.54, 1.807) is 36.4 Å². The van der Waals surface area contributed by atoms with Crippen LogP contribution in [-0.2, 0) is 21.4 Å². The molecule has 0 atom stereocenters. The van der Waals surface area contributed by atoms with Gasteiger partial charge in [-0.25, -0.2) is 13.8 Å². The number of amides is 1. The summed E-state index contributed by atoms with van der Waals surface area (Å²) >= 11 is 30.4. The molecule has 1 amide bonds. The van der Waals surface area contributed by atoms with Crippen LogP contribution < -0.4 is 5.43 Å². The molecule has 12 heteroatoms. The molecule has 1 N–H and O–H groups in total. The SMILES string of the molecule is O=C(CN(Cc1c(Cl)cccc1Cl)S(=O)(=O)c1ccc(Cl)cc1)N/N=C\c1cccc(Cl)c1Cl. The number of benzene rings is 3. The molecule has 0 radical (unpaired) electrons. The minimum Gasteiger partial charge on any atom is -0.272 e. The Kier molecular flexibility index (Phi) is 9.23. The van der Waals surface area contributed by atoms with E-state index < -0.39 is 22.5 Å². The minimum absolute atomic E-state index is 0.0536. The van der Waals surface area contributed by atoms with Crippen molar-refractivity contribution in [1.82, 2.24) is 9.73 Å². The van der Waals surface area contributed by atoms with E-state index in [0.717, 1.165) is 4.31 Å². The van der Waals surface area contributed by atoms with Gasteiger partial charge in [0.25, 0.3) is 5.91 Å². The number of carbonyl (C=O) groups excluding carboxylic acids is 1. The van der Waals surface area contributed by atoms with Gasteiger partial charge in [0.15, 0.2) is 0 Å². The number of rotatable bonds is 8. The van der Waals surface area contributed by atoms with Crippen molar-refractivity contribution >= 4 is 80.1 Å². The normalized spacial score (nSPS) is 11.8. The summed E-state index contributed by atoms with van der Waals surface area (Å²) in [6, 6.07) is 15.3. The van der Waals surface area contributed by atoms with Crippen LogP contribution in [0, 0.1) is 0 Å². The molecule has 0 unspecified atom stereocenters. The van der Waals surface area contributed by atoms with Crippen LogP contribution >= 0.6 is 58.0 Å². The monoisotopic (exact) mass is 577 g/mol. The maximum atomic E-state index is 13.3. The second kappa shape index (κ2) is 11.7. The Hall–Kier alpha value is -1.84. The first-order chi connectivity index (χ1) is 16.1. The van der Waals surface area contributed by atoms with Crippen molar-refractivity contribution in [2.24, 2.45) is 5.10 Å². The third-order valence-corrected chi connectivity index (χ3v) is 8.14. The van der Waals surface area contributed by atoms with Crippen molar-refractivity contribution in [1.29, 1.82) is 0 Å². The molecule has 178 valence electrons. The average molecular weight is 580 g/mol. The first kappa shape index (κ1) is 26.8. The smallest absolute Gasteiger partial charge is 0.255 e. The van der Waals surface area contributed by atoms with Gasteiger partial charge in [0, 0.05) is 32.7 Å². The second-order valence-electron chi connectivity index (χ2n) is 6.86. The fourth-order valence-corrected chi connectivity index (χ4v) is 5.19. The van der Waals surface area contributed by atoms with E-state index in [0.29, 0.717) is 21.2 Å². The summed E-state index contributed by atoms with van der Waals surface area (Å²) in [5.74, 6) is -0.699. The fraction of sp³-hybridized carbons (Fsp3) is 0.0909. The topological polar surface area (TPSA) is 78.8 Å². The van der Waals surface area contributed by atoms with Crippen LogP contribution in [0.2, 0.25) is 25.1 Å². The van der Waals surface area contributed by atoms with Gasteiger partial charge in [-0.1, -0.05) is 76.2 Å². The molecule has 6 nitrogen and oxygen atoms in total. The molecule has 0 aromatic heterocycles. The van der Waals surface area contributed by atoms with Crippen molar-refractivity contribution in [2.45, 2.75) is 11.4 Å². The van der Waals surface area contributed by atoms with Gasteiger partial charge in [-0.05, 0) is 42.5 Å². The number of nitrogens with zero attached hydrogens (tertiary/aromatic N) is 2. The van der Waals surface area contributed by atoms with Gasteiger partial charge in [-0.3, -0.25) is 4.79 Å². The van der Waals surface area contributed by atoms with Gasteiger partial charge in [0.2, 0.25) is 10.0 Å². The van der Waals surface area contributed by atoms with E-state index in [-0.39, 0.29) is 26.5 Å². The number of hydrazone groups is 1. The van der Waals surface area contributed by atoms with Crippen molar-refractivity contribution < 1.29 is 13.2 Å². The Balaban J connectivity index is 1.86. The highest BCUT2D eigenvalue weighted by molar-refractivity contribution is 7.89. The molecule has 0 bridgehead atoms. The van der Waals surface area contributed by atoms with E-state index in [4.69, 9.17) is 58.0 Å². The summed E-state index contributed by atoms with van der Waals surface area (Å²) in [6.45, 7) is -0.812. The van der Waals surface area contributed by atoms with Crippen LogP contribution in [0.5, 0.6) is 0 Å². The summed E-state index contributed by atoms with van der Waals surface area (Å²) in [4.78, 5) is 12.6. The number of hydrogen-bond acceptors (Lipinski definition) is 4. The first-order valence-electron chi connectivity index (χ1n) is 9.54. The lowest BCUT2D eigenvalue weighted by Gasteiger charge is -2.22. The van der Waals surface area contributed by atoms with Crippen LogP contribution in [0.25, 0.3) is 0 Å². The van der Waals surface area contributed by atoms with Crippen LogP contribution in [0.15, 0.2) is 70.7 Å². The summed E-state index contributed by atoms with van der Waals surface area (Å²) in [5.41, 5.74) is 3.12. The van der Waals surface area contributed by atoms with E-state index in [2.05, 4.69) is 10.5 Å². The Morgan fingerprint density at radius 1 is 0.882 bits per heavy atom. The lowest BCUT2D eigenvalue weighted by atomic mass is 10.2. The third-order valence-electron chi connectivity index (χ3n) is 4.54. The molecule has 34 heavy (non-hydrogen) atoms. The molecule has 3 aromatic carbocycles. The molecule has 0 spiro atoms. The molecule has 0 saturated heterocycles. The molecular weight excluding hydrogens is 564 g/mol. The number of sulfonamides is 1. The molecular formula is C22H16Cl5N3O3S. The predicted octanol–water partition coefficient (Wildman–Crippen LogP) is 6.29. The highest BCUT2D eigenvalue weighted by Gasteiger charge is 2.28. The van der Waals surface area contributed by atoms with Crippen LogP contribution in [0.4, 0.5) is 0 Å². The van der Waals surface area contributed by atoms with Crippen LogP contribution in [-0.4, -0.2) is 31.4 Å².